The molecule has 0 bridgehead atoms. The number of benzene rings is 1. The minimum atomic E-state index is -1.36. The summed E-state index contributed by atoms with van der Waals surface area (Å²) in [5.74, 6) is -2.67. The summed E-state index contributed by atoms with van der Waals surface area (Å²) in [6.07, 6.45) is 0. The van der Waals surface area contributed by atoms with Gasteiger partial charge in [-0.15, -0.1) is 0 Å². The number of halogens is 2. The molecule has 0 heterocycles. The third-order valence-corrected chi connectivity index (χ3v) is 1.32. The Hall–Kier alpha value is -2.10. The molecule has 66 valence electrons. The molecule has 0 saturated carbocycles. The topological polar surface area (TPSA) is 71.3 Å². The predicted octanol–water partition coefficient (Wildman–Crippen LogP) is 2.36. The molecule has 0 atom stereocenters. The zero-order chi connectivity index (χ0) is 10.0. The molecule has 0 unspecified atom stereocenters. The van der Waals surface area contributed by atoms with Crippen LogP contribution in [0.4, 0.5) is 20.2 Å². The second-order valence-electron chi connectivity index (χ2n) is 2.11. The van der Waals surface area contributed by atoms with Crippen molar-refractivity contribution in [2.45, 2.75) is 0 Å². The maximum Gasteiger partial charge on any atom is 0.464 e. The third kappa shape index (κ3) is 1.56. The van der Waals surface area contributed by atoms with Gasteiger partial charge in [-0.25, -0.2) is 8.78 Å². The van der Waals surface area contributed by atoms with Gasteiger partial charge in [0.25, 0.3) is 0 Å². The summed E-state index contributed by atoms with van der Waals surface area (Å²) in [5.41, 5.74) is -1.41. The Morgan fingerprint density at radius 3 is 2.38 bits per heavy atom. The van der Waals surface area contributed by atoms with Crippen LogP contribution in [0.25, 0.3) is 4.98 Å². The van der Waals surface area contributed by atoms with Crippen LogP contribution in [0.5, 0.6) is 0 Å². The van der Waals surface area contributed by atoms with Gasteiger partial charge in [0, 0.05) is 0 Å². The van der Waals surface area contributed by atoms with Gasteiger partial charge in [-0.1, -0.05) is 0 Å². The molecule has 1 aromatic carbocycles. The number of nitro benzene ring substituents is 1. The van der Waals surface area contributed by atoms with Crippen molar-refractivity contribution in [1.29, 1.82) is 5.39 Å². The normalized spacial score (nSPS) is 9.31. The van der Waals surface area contributed by atoms with E-state index in [9.17, 15) is 18.9 Å². The van der Waals surface area contributed by atoms with E-state index in [1.807, 2.05) is 0 Å². The molecule has 1 aromatic rings. The van der Waals surface area contributed by atoms with Gasteiger partial charge < -0.3 is 0 Å². The summed E-state index contributed by atoms with van der Waals surface area (Å²) in [6, 6.07) is 0.790. The third-order valence-electron chi connectivity index (χ3n) is 1.32. The highest BCUT2D eigenvalue weighted by Gasteiger charge is 2.27. The summed E-state index contributed by atoms with van der Waals surface area (Å²) in [4.78, 5) is 11.7. The minimum Gasteiger partial charge on any atom is -0.258 e. The molecule has 7 heteroatoms. The van der Waals surface area contributed by atoms with Crippen molar-refractivity contribution < 1.29 is 13.7 Å². The van der Waals surface area contributed by atoms with Gasteiger partial charge >= 0.3 is 11.4 Å². The molecule has 0 saturated heterocycles. The lowest BCUT2D eigenvalue weighted by Gasteiger charge is -1.89. The summed E-state index contributed by atoms with van der Waals surface area (Å²) in [6.45, 7) is 0. The number of hydrogen-bond donors (Lipinski definition) is 0. The van der Waals surface area contributed by atoms with E-state index in [-0.39, 0.29) is 0 Å². The SMILES string of the molecule is N#[N+]c1cc(F)c(F)cc1[N+](=O)[O-]. The molecule has 0 aliphatic carbocycles. The van der Waals surface area contributed by atoms with Crippen molar-refractivity contribution in [2.75, 3.05) is 0 Å². The minimum absolute atomic E-state index is 0.352. The first-order valence-corrected chi connectivity index (χ1v) is 3.05. The predicted molar refractivity (Wildman–Crippen MR) is 37.8 cm³/mol. The number of hydrogen-bond acceptors (Lipinski definition) is 3. The fourth-order valence-corrected chi connectivity index (χ4v) is 0.752. The zero-order valence-electron chi connectivity index (χ0n) is 6.07. The fourth-order valence-electron chi connectivity index (χ4n) is 0.752. The lowest BCUT2D eigenvalue weighted by atomic mass is 10.2. The van der Waals surface area contributed by atoms with Crippen LogP contribution in [-0.2, 0) is 0 Å². The van der Waals surface area contributed by atoms with Gasteiger partial charge in [-0.3, -0.25) is 10.1 Å². The Kier molecular flexibility index (Phi) is 2.15. The monoisotopic (exact) mass is 186 g/mol. The highest BCUT2D eigenvalue weighted by Crippen LogP contribution is 2.29. The number of nitrogens with zero attached hydrogens (tertiary/aromatic N) is 3. The molecule has 0 radical (unpaired) electrons. The highest BCUT2D eigenvalue weighted by molar-refractivity contribution is 5.61. The molecule has 0 N–H and O–H groups in total. The van der Waals surface area contributed by atoms with Crippen molar-refractivity contribution in [1.82, 2.24) is 0 Å². The van der Waals surface area contributed by atoms with Crippen molar-refractivity contribution in [3.8, 4) is 0 Å². The van der Waals surface area contributed by atoms with Crippen molar-refractivity contribution >= 4 is 11.4 Å². The van der Waals surface area contributed by atoms with Gasteiger partial charge in [-0.05, 0) is 0 Å². The van der Waals surface area contributed by atoms with Crippen molar-refractivity contribution in [2.24, 2.45) is 0 Å². The van der Waals surface area contributed by atoms with E-state index in [1.54, 1.807) is 0 Å². The average molecular weight is 186 g/mol. The van der Waals surface area contributed by atoms with Crippen LogP contribution in [0.3, 0.4) is 0 Å². The first-order valence-electron chi connectivity index (χ1n) is 3.05. The average Bonchev–Trinajstić information content (AvgIpc) is 2.08. The largest absolute Gasteiger partial charge is 0.464 e. The van der Waals surface area contributed by atoms with E-state index in [2.05, 4.69) is 4.98 Å². The molecule has 0 aliphatic heterocycles. The van der Waals surface area contributed by atoms with Gasteiger partial charge in [0.2, 0.25) is 5.39 Å². The summed E-state index contributed by atoms with van der Waals surface area (Å²) >= 11 is 0. The molecule has 5 nitrogen and oxygen atoms in total. The van der Waals surface area contributed by atoms with Crippen LogP contribution >= 0.6 is 0 Å². The molecule has 1 rings (SSSR count). The number of diazo groups is 1. The first kappa shape index (κ1) is 8.99. The van der Waals surface area contributed by atoms with Crippen molar-refractivity contribution in [3.63, 3.8) is 0 Å². The van der Waals surface area contributed by atoms with Crippen LogP contribution in [-0.4, -0.2) is 4.92 Å². The molecule has 0 fully saturated rings. The van der Waals surface area contributed by atoms with Crippen LogP contribution < -0.4 is 0 Å². The van der Waals surface area contributed by atoms with Crippen molar-refractivity contribution in [3.05, 3.63) is 38.9 Å². The van der Waals surface area contributed by atoms with E-state index in [1.165, 1.54) is 0 Å². The zero-order valence-corrected chi connectivity index (χ0v) is 6.07. The maximum atomic E-state index is 12.5. The van der Waals surface area contributed by atoms with Crippen LogP contribution in [0.2, 0.25) is 0 Å². The van der Waals surface area contributed by atoms with E-state index in [4.69, 9.17) is 5.39 Å². The molecule has 0 amide bonds. The molecular formula is C6H2F2N3O2+. The molecule has 0 spiro atoms. The number of rotatable bonds is 1. The quantitative estimate of drug-likeness (QED) is 0.384. The van der Waals surface area contributed by atoms with Gasteiger partial charge in [-0.2, -0.15) is 0 Å². The number of nitro groups is 1. The Bertz CT molecular complexity index is 413. The molecule has 0 aliphatic rings. The van der Waals surface area contributed by atoms with E-state index >= 15 is 0 Å². The maximum absolute atomic E-state index is 12.5. The lowest BCUT2D eigenvalue weighted by molar-refractivity contribution is -0.384. The second-order valence-corrected chi connectivity index (χ2v) is 2.11. The Morgan fingerprint density at radius 1 is 1.38 bits per heavy atom. The second kappa shape index (κ2) is 3.10. The van der Waals surface area contributed by atoms with Crippen LogP contribution in [0, 0.1) is 27.1 Å². The van der Waals surface area contributed by atoms with Crippen LogP contribution in [0.15, 0.2) is 12.1 Å². The Balaban J connectivity index is 3.44. The molecule has 0 aromatic heterocycles. The van der Waals surface area contributed by atoms with Crippen LogP contribution in [0.1, 0.15) is 0 Å². The van der Waals surface area contributed by atoms with Gasteiger partial charge in [0.1, 0.15) is 0 Å². The van der Waals surface area contributed by atoms with E-state index < -0.39 is 27.9 Å². The smallest absolute Gasteiger partial charge is 0.258 e. The molecule has 13 heavy (non-hydrogen) atoms. The lowest BCUT2D eigenvalue weighted by Crippen LogP contribution is -1.91. The Morgan fingerprint density at radius 2 is 1.92 bits per heavy atom. The molecular weight excluding hydrogens is 184 g/mol. The summed E-state index contributed by atoms with van der Waals surface area (Å²) < 4.78 is 24.9. The van der Waals surface area contributed by atoms with E-state index in [0.29, 0.717) is 12.1 Å². The summed E-state index contributed by atoms with van der Waals surface area (Å²) in [7, 11) is 0. The van der Waals surface area contributed by atoms with Gasteiger partial charge in [0.05, 0.1) is 17.1 Å². The standard InChI is InChI=1S/C6H2F2N3O2/c7-3-1-5(10-9)6(11(12)13)2-4(3)8/h1-2H/q+1. The Labute approximate surface area is 70.4 Å². The van der Waals surface area contributed by atoms with Gasteiger partial charge in [0.15, 0.2) is 16.6 Å². The van der Waals surface area contributed by atoms with E-state index in [0.717, 1.165) is 0 Å². The highest BCUT2D eigenvalue weighted by atomic mass is 19.2. The fraction of sp³-hybridized carbons (Fsp3) is 0. The first-order chi connectivity index (χ1) is 6.06. The summed E-state index contributed by atoms with van der Waals surface area (Å²) in [5, 5.41) is 18.4.